The summed E-state index contributed by atoms with van der Waals surface area (Å²) >= 11 is 0. The molecule has 0 saturated carbocycles. The van der Waals surface area contributed by atoms with Gasteiger partial charge in [0.1, 0.15) is 69.7 Å². The van der Waals surface area contributed by atoms with Gasteiger partial charge in [-0.1, -0.05) is 26.0 Å². The van der Waals surface area contributed by atoms with Crippen LogP contribution in [-0.2, 0) is 50.1 Å². The molecule has 24 heteroatoms. The van der Waals surface area contributed by atoms with E-state index in [0.717, 1.165) is 11.1 Å². The molecule has 2 saturated heterocycles. The second kappa shape index (κ2) is 23.6. The third-order valence-electron chi connectivity index (χ3n) is 12.6. The molecule has 6 heterocycles. The lowest BCUT2D eigenvalue weighted by atomic mass is 10.1. The van der Waals surface area contributed by atoms with Gasteiger partial charge in [0.05, 0.1) is 78.6 Å². The van der Waals surface area contributed by atoms with Crippen LogP contribution in [0.2, 0.25) is 0 Å². The first kappa shape index (κ1) is 53.6. The Morgan fingerprint density at radius 1 is 0.542 bits per heavy atom. The van der Waals surface area contributed by atoms with Gasteiger partial charge in [0.25, 0.3) is 0 Å². The standard InChI is InChI=1S/2C24H31N5O6S/c2*1-15-11-25-23(26-12-15)16(2)17(3)36(30,31)14-21-27-28-24(20-13-34-9-10-35-20)29(21)22-18(32-4)7-6-8-19(22)33-5/h2*6-8,11-12,16-17,20H,9-10,13-14H2,1-5H3/t16-,17-,20+;16-,17-,20-/m00/s1. The van der Waals surface area contributed by atoms with Crippen LogP contribution >= 0.6 is 0 Å². The van der Waals surface area contributed by atoms with Crippen LogP contribution < -0.4 is 18.9 Å². The van der Waals surface area contributed by atoms with Crippen LogP contribution in [0.1, 0.15) is 97.8 Å². The van der Waals surface area contributed by atoms with Crippen molar-refractivity contribution in [3.8, 4) is 34.4 Å². The summed E-state index contributed by atoms with van der Waals surface area (Å²) in [7, 11) is -1.30. The zero-order chi connectivity index (χ0) is 51.7. The third-order valence-corrected chi connectivity index (χ3v) is 17.0. The predicted octanol–water partition coefficient (Wildman–Crippen LogP) is 5.16. The van der Waals surface area contributed by atoms with E-state index in [4.69, 9.17) is 37.9 Å². The highest BCUT2D eigenvalue weighted by Crippen LogP contribution is 2.39. The van der Waals surface area contributed by atoms with E-state index in [-0.39, 0.29) is 36.4 Å². The molecule has 388 valence electrons. The van der Waals surface area contributed by atoms with Crippen molar-refractivity contribution in [2.75, 3.05) is 68.1 Å². The van der Waals surface area contributed by atoms with Crippen molar-refractivity contribution in [3.63, 3.8) is 0 Å². The summed E-state index contributed by atoms with van der Waals surface area (Å²) in [6, 6.07) is 10.6. The van der Waals surface area contributed by atoms with Crippen LogP contribution in [0.25, 0.3) is 11.4 Å². The number of para-hydroxylation sites is 2. The van der Waals surface area contributed by atoms with E-state index in [1.807, 2.05) is 13.8 Å². The van der Waals surface area contributed by atoms with Crippen molar-refractivity contribution in [1.29, 1.82) is 0 Å². The van der Waals surface area contributed by atoms with Crippen LogP contribution in [0.5, 0.6) is 23.0 Å². The van der Waals surface area contributed by atoms with E-state index in [1.165, 1.54) is 28.4 Å². The normalized spacial score (nSPS) is 18.0. The van der Waals surface area contributed by atoms with E-state index in [0.29, 0.717) is 84.1 Å². The zero-order valence-corrected chi connectivity index (χ0v) is 43.7. The minimum absolute atomic E-state index is 0.214. The van der Waals surface area contributed by atoms with Gasteiger partial charge in [0.2, 0.25) is 0 Å². The summed E-state index contributed by atoms with van der Waals surface area (Å²) < 4.78 is 103. The van der Waals surface area contributed by atoms with Gasteiger partial charge in [-0.25, -0.2) is 36.8 Å². The number of benzene rings is 2. The quantitative estimate of drug-likeness (QED) is 0.108. The summed E-state index contributed by atoms with van der Waals surface area (Å²) in [5.41, 5.74) is 2.79. The fourth-order valence-corrected chi connectivity index (χ4v) is 11.2. The Kier molecular flexibility index (Phi) is 17.6. The maximum atomic E-state index is 13.6. The van der Waals surface area contributed by atoms with Gasteiger partial charge in [-0.15, -0.1) is 20.4 Å². The monoisotopic (exact) mass is 1030 g/mol. The Balaban J connectivity index is 0.000000211. The molecule has 72 heavy (non-hydrogen) atoms. The second-order valence-corrected chi connectivity index (χ2v) is 22.1. The topological polar surface area (TPSA) is 255 Å². The van der Waals surface area contributed by atoms with E-state index in [2.05, 4.69) is 40.3 Å². The number of sulfone groups is 2. The van der Waals surface area contributed by atoms with Crippen molar-refractivity contribution >= 4 is 19.7 Å². The zero-order valence-electron chi connectivity index (χ0n) is 42.1. The molecular formula is C48H62N10O12S2. The Morgan fingerprint density at radius 3 is 1.17 bits per heavy atom. The highest BCUT2D eigenvalue weighted by Gasteiger charge is 2.37. The molecule has 4 aromatic heterocycles. The Hall–Kier alpha value is -6.18. The molecule has 0 aliphatic carbocycles. The lowest BCUT2D eigenvalue weighted by molar-refractivity contribution is -0.0942. The number of hydrogen-bond donors (Lipinski definition) is 0. The molecule has 2 aliphatic rings. The number of methoxy groups -OCH3 is 4. The minimum Gasteiger partial charge on any atom is -0.494 e. The van der Waals surface area contributed by atoms with Crippen molar-refractivity contribution < 1.29 is 54.7 Å². The Morgan fingerprint density at radius 2 is 0.875 bits per heavy atom. The first-order chi connectivity index (χ1) is 34.5. The van der Waals surface area contributed by atoms with Crippen molar-refractivity contribution in [2.45, 2.75) is 87.6 Å². The number of aromatic nitrogens is 10. The third kappa shape index (κ3) is 11.8. The van der Waals surface area contributed by atoms with E-state index in [9.17, 15) is 16.8 Å². The smallest absolute Gasteiger partial charge is 0.169 e. The number of ether oxygens (including phenoxy) is 8. The molecule has 0 amide bonds. The molecule has 2 aliphatic heterocycles. The average Bonchev–Trinajstić information content (AvgIpc) is 4.01. The molecule has 2 aromatic carbocycles. The van der Waals surface area contributed by atoms with Gasteiger partial charge in [-0.2, -0.15) is 0 Å². The fourth-order valence-electron chi connectivity index (χ4n) is 8.07. The molecule has 0 unspecified atom stereocenters. The molecule has 22 nitrogen and oxygen atoms in total. The molecule has 0 spiro atoms. The minimum atomic E-state index is -3.71. The highest BCUT2D eigenvalue weighted by atomic mass is 32.2. The van der Waals surface area contributed by atoms with Gasteiger partial charge in [-0.05, 0) is 63.1 Å². The van der Waals surface area contributed by atoms with Crippen LogP contribution in [0.4, 0.5) is 0 Å². The Bertz CT molecular complexity index is 2730. The van der Waals surface area contributed by atoms with Crippen LogP contribution in [0.15, 0.2) is 61.2 Å². The summed E-state index contributed by atoms with van der Waals surface area (Å²) in [6.07, 6.45) is 5.66. The first-order valence-electron chi connectivity index (χ1n) is 23.2. The summed E-state index contributed by atoms with van der Waals surface area (Å²) in [6.45, 7) is 12.9. The van der Waals surface area contributed by atoms with Gasteiger partial charge >= 0.3 is 0 Å². The molecule has 6 aromatic rings. The number of hydrogen-bond acceptors (Lipinski definition) is 20. The highest BCUT2D eigenvalue weighted by molar-refractivity contribution is 7.91. The number of aryl methyl sites for hydroxylation is 2. The predicted molar refractivity (Wildman–Crippen MR) is 262 cm³/mol. The van der Waals surface area contributed by atoms with Crippen molar-refractivity contribution in [1.82, 2.24) is 49.5 Å². The molecular weight excluding hydrogens is 973 g/mol. The molecule has 0 N–H and O–H groups in total. The fraction of sp³-hybridized carbons (Fsp3) is 0.500. The maximum absolute atomic E-state index is 13.6. The van der Waals surface area contributed by atoms with Gasteiger partial charge in [0.15, 0.2) is 43.0 Å². The summed E-state index contributed by atoms with van der Waals surface area (Å²) in [4.78, 5) is 17.3. The van der Waals surface area contributed by atoms with Gasteiger partial charge in [-0.3, -0.25) is 9.13 Å². The van der Waals surface area contributed by atoms with E-state index < -0.39 is 54.2 Å². The molecule has 0 bridgehead atoms. The lowest BCUT2D eigenvalue weighted by Gasteiger charge is -2.25. The van der Waals surface area contributed by atoms with Gasteiger partial charge < -0.3 is 37.9 Å². The van der Waals surface area contributed by atoms with Crippen LogP contribution in [-0.4, -0.2) is 145 Å². The Labute approximate surface area is 419 Å². The van der Waals surface area contributed by atoms with E-state index in [1.54, 1.807) is 98.0 Å². The molecule has 6 atom stereocenters. The summed E-state index contributed by atoms with van der Waals surface area (Å²) in [5.74, 6) is 2.48. The van der Waals surface area contributed by atoms with Crippen molar-refractivity contribution in [3.05, 3.63) is 107 Å². The number of rotatable bonds is 18. The van der Waals surface area contributed by atoms with Crippen molar-refractivity contribution in [2.24, 2.45) is 0 Å². The average molecular weight is 1040 g/mol. The van der Waals surface area contributed by atoms with Crippen LogP contribution in [0.3, 0.4) is 0 Å². The van der Waals surface area contributed by atoms with E-state index >= 15 is 0 Å². The second-order valence-electron chi connectivity index (χ2n) is 17.3. The lowest BCUT2D eigenvalue weighted by Crippen LogP contribution is -2.28. The molecule has 8 rings (SSSR count). The van der Waals surface area contributed by atoms with Gasteiger partial charge in [0, 0.05) is 36.6 Å². The largest absolute Gasteiger partial charge is 0.494 e. The SMILES string of the molecule is COc1cccc(OC)c1-n1c(CS(=O)(=O)[C@@H](C)[C@H](C)c2ncc(C)cn2)nnc1[C@@H]1COCCO1.COc1cccc(OC)c1-n1c(CS(=O)(=O)[C@@H](C)[C@H](C)c2ncc(C)cn2)nnc1[C@H]1COCCO1. The molecule has 0 radical (unpaired) electrons. The maximum Gasteiger partial charge on any atom is 0.169 e. The van der Waals surface area contributed by atoms with Crippen LogP contribution in [0, 0.1) is 13.8 Å². The molecule has 2 fully saturated rings. The number of nitrogens with zero attached hydrogens (tertiary/aromatic N) is 10. The first-order valence-corrected chi connectivity index (χ1v) is 26.7. The summed E-state index contributed by atoms with van der Waals surface area (Å²) in [5, 5.41) is 15.7.